The van der Waals surface area contributed by atoms with E-state index in [0.29, 0.717) is 0 Å². The molecule has 1 fully saturated rings. The van der Waals surface area contributed by atoms with Crippen LogP contribution in [0.3, 0.4) is 0 Å². The molecule has 1 saturated carbocycles. The average Bonchev–Trinajstić information content (AvgIpc) is 2.23. The molecule has 1 rings (SSSR count). The molecule has 0 aromatic heterocycles. The fourth-order valence-electron chi connectivity index (χ4n) is 0.612. The van der Waals surface area contributed by atoms with Gasteiger partial charge < -0.3 is 0 Å². The molecule has 1 aliphatic rings. The van der Waals surface area contributed by atoms with Crippen molar-refractivity contribution < 1.29 is 0 Å². The Bertz CT molecular complexity index is 51.1. The Labute approximate surface area is 100 Å². The highest BCUT2D eigenvalue weighted by atomic mass is 14.1. The third-order valence-electron chi connectivity index (χ3n) is 1.39. The van der Waals surface area contributed by atoms with Gasteiger partial charge in [0.05, 0.1) is 0 Å². The minimum absolute atomic E-state index is 1.06. The van der Waals surface area contributed by atoms with Crippen LogP contribution in [-0.4, -0.2) is 0 Å². The van der Waals surface area contributed by atoms with Crippen molar-refractivity contribution in [2.45, 2.75) is 80.6 Å². The van der Waals surface area contributed by atoms with Crippen LogP contribution in [0.4, 0.5) is 0 Å². The van der Waals surface area contributed by atoms with Crippen molar-refractivity contribution in [2.75, 3.05) is 0 Å². The summed E-state index contributed by atoms with van der Waals surface area (Å²) < 4.78 is 0. The first kappa shape index (κ1) is 24.1. The molecule has 0 aromatic rings. The zero-order chi connectivity index (χ0) is 13.1. The summed E-state index contributed by atoms with van der Waals surface area (Å²) in [7, 11) is 0. The first-order valence-electron chi connectivity index (χ1n) is 6.72. The van der Waals surface area contributed by atoms with Gasteiger partial charge in [-0.25, -0.2) is 0 Å². The van der Waals surface area contributed by atoms with Gasteiger partial charge in [-0.3, -0.25) is 0 Å². The second kappa shape index (κ2) is 37.2. The maximum atomic E-state index is 3.00. The van der Waals surface area contributed by atoms with E-state index in [2.05, 4.69) is 47.8 Å². The first-order valence-corrected chi connectivity index (χ1v) is 6.72. The maximum Gasteiger partial charge on any atom is -0.0443 e. The van der Waals surface area contributed by atoms with Crippen LogP contribution in [0.25, 0.3) is 0 Å². The lowest BCUT2D eigenvalue weighted by molar-refractivity contribution is 0.346. The second-order valence-electron chi connectivity index (χ2n) is 3.45. The minimum Gasteiger partial charge on any atom is -0.106 e. The molecule has 0 atom stereocenters. The molecule has 0 spiro atoms. The molecule has 0 heterocycles. The predicted octanol–water partition coefficient (Wildman–Crippen LogP) is 6.47. The summed E-state index contributed by atoms with van der Waals surface area (Å²) in [5.74, 6) is 1.06. The maximum absolute atomic E-state index is 3.00. The number of rotatable bonds is 0. The van der Waals surface area contributed by atoms with Gasteiger partial charge in [-0.2, -0.15) is 0 Å². The lowest BCUT2D eigenvalue weighted by atomic mass is 9.88. The SMILES string of the molecule is C=C.CC.CC1CCC1.CCC.CCC. The molecule has 0 N–H and O–H groups in total. The van der Waals surface area contributed by atoms with Crippen LogP contribution in [-0.2, 0) is 0 Å². The van der Waals surface area contributed by atoms with E-state index in [1.807, 2.05) is 13.8 Å². The van der Waals surface area contributed by atoms with Crippen LogP contribution in [0.5, 0.6) is 0 Å². The Balaban J connectivity index is -0.0000000543. The van der Waals surface area contributed by atoms with E-state index in [1.165, 1.54) is 32.1 Å². The van der Waals surface area contributed by atoms with Gasteiger partial charge in [-0.1, -0.05) is 80.6 Å². The molecule has 0 bridgehead atoms. The van der Waals surface area contributed by atoms with Gasteiger partial charge in [0.1, 0.15) is 0 Å². The quantitative estimate of drug-likeness (QED) is 0.407. The fraction of sp³-hybridized carbons (Fsp3) is 0.867. The normalized spacial score (nSPS) is 11.7. The van der Waals surface area contributed by atoms with Crippen molar-refractivity contribution in [1.82, 2.24) is 0 Å². The lowest BCUT2D eigenvalue weighted by Gasteiger charge is -2.18. The van der Waals surface area contributed by atoms with Crippen molar-refractivity contribution in [3.8, 4) is 0 Å². The highest BCUT2D eigenvalue weighted by Crippen LogP contribution is 2.24. The molecular weight excluding hydrogens is 180 g/mol. The van der Waals surface area contributed by atoms with Gasteiger partial charge in [-0.15, -0.1) is 13.2 Å². The zero-order valence-corrected chi connectivity index (χ0v) is 12.5. The van der Waals surface area contributed by atoms with E-state index in [0.717, 1.165) is 5.92 Å². The summed E-state index contributed by atoms with van der Waals surface area (Å²) in [6, 6.07) is 0. The van der Waals surface area contributed by atoms with E-state index in [1.54, 1.807) is 0 Å². The second-order valence-corrected chi connectivity index (χ2v) is 3.45. The van der Waals surface area contributed by atoms with Crippen LogP contribution in [0.2, 0.25) is 0 Å². The van der Waals surface area contributed by atoms with Crippen LogP contribution >= 0.6 is 0 Å². The average molecular weight is 216 g/mol. The van der Waals surface area contributed by atoms with Crippen molar-refractivity contribution in [3.05, 3.63) is 13.2 Å². The van der Waals surface area contributed by atoms with Crippen molar-refractivity contribution >= 4 is 0 Å². The summed E-state index contributed by atoms with van der Waals surface area (Å²) in [6.45, 7) is 20.8. The van der Waals surface area contributed by atoms with Gasteiger partial charge in [0.25, 0.3) is 0 Å². The predicted molar refractivity (Wildman–Crippen MR) is 77.5 cm³/mol. The van der Waals surface area contributed by atoms with Crippen molar-refractivity contribution in [2.24, 2.45) is 5.92 Å². The van der Waals surface area contributed by atoms with Crippen molar-refractivity contribution in [3.63, 3.8) is 0 Å². The Hall–Kier alpha value is -0.260. The molecule has 0 nitrogen and oxygen atoms in total. The lowest BCUT2D eigenvalue weighted by Crippen LogP contribution is -2.04. The standard InChI is InChI=1S/C5H10.2C3H8.C2H6.C2H4/c1-5-3-2-4-5;2*1-3-2;2*1-2/h5H,2-4H2,1H3;2*3H2,1-2H3;1-2H3;1-2H2. The van der Waals surface area contributed by atoms with E-state index in [-0.39, 0.29) is 0 Å². The molecule has 15 heavy (non-hydrogen) atoms. The van der Waals surface area contributed by atoms with Crippen LogP contribution in [0.1, 0.15) is 80.6 Å². The van der Waals surface area contributed by atoms with Crippen molar-refractivity contribution in [1.29, 1.82) is 0 Å². The highest BCUT2D eigenvalue weighted by molar-refractivity contribution is 4.62. The summed E-state index contributed by atoms with van der Waals surface area (Å²) in [5, 5.41) is 0. The molecule has 0 saturated heterocycles. The van der Waals surface area contributed by atoms with E-state index in [9.17, 15) is 0 Å². The third-order valence-corrected chi connectivity index (χ3v) is 1.39. The van der Waals surface area contributed by atoms with E-state index < -0.39 is 0 Å². The largest absolute Gasteiger partial charge is 0.106 e. The molecule has 0 aliphatic heterocycles. The Morgan fingerprint density at radius 2 is 1.00 bits per heavy atom. The number of hydrogen-bond acceptors (Lipinski definition) is 0. The third kappa shape index (κ3) is 57.5. The minimum atomic E-state index is 1.06. The first-order chi connectivity index (χ1) is 7.22. The molecule has 1 aliphatic carbocycles. The monoisotopic (exact) mass is 216 g/mol. The summed E-state index contributed by atoms with van der Waals surface area (Å²) in [4.78, 5) is 0. The molecular formula is C15H36. The molecule has 0 heteroatoms. The molecule has 0 radical (unpaired) electrons. The van der Waals surface area contributed by atoms with Crippen LogP contribution in [0.15, 0.2) is 13.2 Å². The Morgan fingerprint density at radius 1 is 0.867 bits per heavy atom. The van der Waals surface area contributed by atoms with E-state index in [4.69, 9.17) is 0 Å². The number of hydrogen-bond donors (Lipinski definition) is 0. The van der Waals surface area contributed by atoms with E-state index >= 15 is 0 Å². The summed E-state index contributed by atoms with van der Waals surface area (Å²) in [6.07, 6.45) is 6.96. The molecule has 0 amide bonds. The zero-order valence-electron chi connectivity index (χ0n) is 12.5. The molecule has 96 valence electrons. The van der Waals surface area contributed by atoms with Gasteiger partial charge in [-0.05, 0) is 5.92 Å². The topological polar surface area (TPSA) is 0 Å². The Morgan fingerprint density at radius 3 is 1.00 bits per heavy atom. The van der Waals surface area contributed by atoms with Crippen LogP contribution in [0, 0.1) is 5.92 Å². The van der Waals surface area contributed by atoms with Gasteiger partial charge >= 0.3 is 0 Å². The smallest absolute Gasteiger partial charge is 0.0443 e. The van der Waals surface area contributed by atoms with Gasteiger partial charge in [0.2, 0.25) is 0 Å². The van der Waals surface area contributed by atoms with Gasteiger partial charge in [0.15, 0.2) is 0 Å². The summed E-state index contributed by atoms with van der Waals surface area (Å²) in [5.41, 5.74) is 0. The Kier molecular flexibility index (Phi) is 59.9. The highest BCUT2D eigenvalue weighted by Gasteiger charge is 2.09. The molecule has 0 aromatic carbocycles. The van der Waals surface area contributed by atoms with Crippen LogP contribution < -0.4 is 0 Å². The fourth-order valence-corrected chi connectivity index (χ4v) is 0.612. The van der Waals surface area contributed by atoms with Gasteiger partial charge in [0, 0.05) is 0 Å². The molecule has 0 unspecified atom stereocenters. The summed E-state index contributed by atoms with van der Waals surface area (Å²) >= 11 is 0.